The quantitative estimate of drug-likeness (QED) is 0.216. The van der Waals surface area contributed by atoms with E-state index in [0.717, 1.165) is 59.9 Å². The van der Waals surface area contributed by atoms with Gasteiger partial charge in [-0.3, -0.25) is 9.80 Å². The molecule has 0 N–H and O–H groups in total. The van der Waals surface area contributed by atoms with Gasteiger partial charge in [-0.15, -0.1) is 0 Å². The van der Waals surface area contributed by atoms with Crippen LogP contribution in [0.1, 0.15) is 205 Å². The van der Waals surface area contributed by atoms with Crippen molar-refractivity contribution in [2.75, 3.05) is 0 Å². The Bertz CT molecular complexity index is 823. The van der Waals surface area contributed by atoms with Crippen LogP contribution in [0.15, 0.2) is 24.3 Å². The fraction of sp³-hybridized carbons (Fsp3) is 0.913. The Labute approximate surface area is 298 Å². The van der Waals surface area contributed by atoms with E-state index in [0.29, 0.717) is 0 Å². The van der Waals surface area contributed by atoms with Gasteiger partial charge in [0.2, 0.25) is 0 Å². The second-order valence-electron chi connectivity index (χ2n) is 18.6. The molecule has 0 bridgehead atoms. The van der Waals surface area contributed by atoms with Gasteiger partial charge in [0.15, 0.2) is 0 Å². The molecule has 2 heteroatoms. The first-order valence-electron chi connectivity index (χ1n) is 22.7. The molecule has 0 spiro atoms. The molecule has 7 rings (SSSR count). The molecule has 0 heterocycles. The second-order valence-corrected chi connectivity index (χ2v) is 18.6. The summed E-state index contributed by atoms with van der Waals surface area (Å²) in [5.74, 6) is 3.44. The van der Waals surface area contributed by atoms with E-state index in [9.17, 15) is 0 Å². The molecule has 7 saturated carbocycles. The monoisotopic (exact) mass is 659 g/mol. The normalized spacial score (nSPS) is 36.5. The zero-order valence-electron chi connectivity index (χ0n) is 31.6. The van der Waals surface area contributed by atoms with Gasteiger partial charge in [-0.2, -0.15) is 0 Å². The van der Waals surface area contributed by atoms with E-state index in [1.807, 2.05) is 0 Å². The van der Waals surface area contributed by atoms with E-state index in [-0.39, 0.29) is 0 Å². The molecule has 7 fully saturated rings. The fourth-order valence-electron chi connectivity index (χ4n) is 12.6. The number of rotatable bonds is 10. The molecule has 0 atom stereocenters. The lowest BCUT2D eigenvalue weighted by Gasteiger charge is -2.48. The third-order valence-corrected chi connectivity index (χ3v) is 15.4. The maximum absolute atomic E-state index is 3.16. The highest BCUT2D eigenvalue weighted by molar-refractivity contribution is 5.02. The lowest BCUT2D eigenvalue weighted by Crippen LogP contribution is -2.51. The van der Waals surface area contributed by atoms with E-state index in [1.165, 1.54) is 205 Å². The minimum absolute atomic E-state index is 0.856. The van der Waals surface area contributed by atoms with E-state index in [2.05, 4.69) is 34.1 Å². The molecule has 7 aliphatic carbocycles. The molecule has 0 aromatic rings. The van der Waals surface area contributed by atoms with Crippen LogP contribution >= 0.6 is 0 Å². The molecule has 7 aliphatic rings. The predicted molar refractivity (Wildman–Crippen MR) is 206 cm³/mol. The summed E-state index contributed by atoms with van der Waals surface area (Å²) in [6.45, 7) is 0. The molecule has 0 aliphatic heterocycles. The average molecular weight is 659 g/mol. The first-order chi connectivity index (χ1) is 23.8. The average Bonchev–Trinajstić information content (AvgIpc) is 3.17. The smallest absolute Gasteiger partial charge is 0.0102 e. The molecule has 2 nitrogen and oxygen atoms in total. The molecule has 0 saturated heterocycles. The molecule has 0 aromatic heterocycles. The van der Waals surface area contributed by atoms with E-state index >= 15 is 0 Å². The highest BCUT2D eigenvalue weighted by Gasteiger charge is 2.37. The van der Waals surface area contributed by atoms with Gasteiger partial charge >= 0.3 is 0 Å². The largest absolute Gasteiger partial charge is 0.294 e. The highest BCUT2D eigenvalue weighted by atomic mass is 15.2. The van der Waals surface area contributed by atoms with Gasteiger partial charge in [0, 0.05) is 36.3 Å². The lowest BCUT2D eigenvalue weighted by atomic mass is 9.78. The Morgan fingerprint density at radius 3 is 0.625 bits per heavy atom. The summed E-state index contributed by atoms with van der Waals surface area (Å²) in [4.78, 5) is 6.31. The van der Waals surface area contributed by atoms with Gasteiger partial charge in [0.25, 0.3) is 0 Å². The summed E-state index contributed by atoms with van der Waals surface area (Å²) >= 11 is 0. The van der Waals surface area contributed by atoms with Crippen LogP contribution < -0.4 is 0 Å². The Hall–Kier alpha value is -0.600. The van der Waals surface area contributed by atoms with Gasteiger partial charge in [0.1, 0.15) is 0 Å². The van der Waals surface area contributed by atoms with Gasteiger partial charge in [-0.05, 0) is 152 Å². The van der Waals surface area contributed by atoms with E-state index in [4.69, 9.17) is 0 Å². The maximum atomic E-state index is 3.16. The topological polar surface area (TPSA) is 6.48 Å². The molecular weight excluding hydrogens is 581 g/mol. The Morgan fingerprint density at radius 2 is 0.396 bits per heavy atom. The SMILES string of the molecule is C(=CC1CCC(N(C2CCCCC2)C2CCCCC2)CC1)C1CCC(C=CC2CCC(N(C3CCCCC3)C3CCCCC3)CC2)CC1. The van der Waals surface area contributed by atoms with E-state index < -0.39 is 0 Å². The number of hydrogen-bond donors (Lipinski definition) is 0. The minimum Gasteiger partial charge on any atom is -0.294 e. The molecule has 0 unspecified atom stereocenters. The molecule has 272 valence electrons. The van der Waals surface area contributed by atoms with E-state index in [1.54, 1.807) is 0 Å². The zero-order chi connectivity index (χ0) is 32.4. The summed E-state index contributed by atoms with van der Waals surface area (Å²) in [5, 5.41) is 0. The first kappa shape index (κ1) is 35.8. The summed E-state index contributed by atoms with van der Waals surface area (Å²) in [7, 11) is 0. The third kappa shape index (κ3) is 9.83. The number of hydrogen-bond acceptors (Lipinski definition) is 2. The van der Waals surface area contributed by atoms with Crippen LogP contribution in [0.25, 0.3) is 0 Å². The van der Waals surface area contributed by atoms with Crippen LogP contribution in [0.2, 0.25) is 0 Å². The Balaban J connectivity index is 0.819. The van der Waals surface area contributed by atoms with Crippen molar-refractivity contribution in [1.29, 1.82) is 0 Å². The summed E-state index contributed by atoms with van der Waals surface area (Å²) in [6, 6.07) is 5.46. The standard InChI is InChI=1S/C46H78N2/c1-5-13-41(14-6-1)47(42-15-7-2-8-16-42)45-33-29-39(30-34-45)27-25-37-21-23-38(24-22-37)26-28-40-31-35-46(36-32-40)48(43-17-9-3-10-18-43)44-19-11-4-12-20-44/h25-28,37-46H,1-24,29-36H2. The van der Waals surface area contributed by atoms with Crippen LogP contribution in [0.4, 0.5) is 0 Å². The molecule has 48 heavy (non-hydrogen) atoms. The number of nitrogens with zero attached hydrogens (tertiary/aromatic N) is 2. The molecule has 0 aromatic carbocycles. The Kier molecular flexibility index (Phi) is 14.0. The number of allylic oxidation sites excluding steroid dienone is 4. The van der Waals surface area contributed by atoms with Crippen molar-refractivity contribution in [3.05, 3.63) is 24.3 Å². The second kappa shape index (κ2) is 18.8. The summed E-state index contributed by atoms with van der Waals surface area (Å²) < 4.78 is 0. The summed E-state index contributed by atoms with van der Waals surface area (Å²) in [6.07, 6.45) is 58.1. The van der Waals surface area contributed by atoms with Crippen LogP contribution in [-0.4, -0.2) is 46.1 Å². The lowest BCUT2D eigenvalue weighted by molar-refractivity contribution is 0.0181. The van der Waals surface area contributed by atoms with Crippen molar-refractivity contribution in [3.8, 4) is 0 Å². The van der Waals surface area contributed by atoms with Gasteiger partial charge in [-0.1, -0.05) is 101 Å². The molecular formula is C46H78N2. The summed E-state index contributed by atoms with van der Waals surface area (Å²) in [5.41, 5.74) is 0. The van der Waals surface area contributed by atoms with Crippen LogP contribution in [-0.2, 0) is 0 Å². The minimum atomic E-state index is 0.856. The zero-order valence-corrected chi connectivity index (χ0v) is 31.6. The predicted octanol–water partition coefficient (Wildman–Crippen LogP) is 13.0. The van der Waals surface area contributed by atoms with Crippen molar-refractivity contribution in [2.24, 2.45) is 23.7 Å². The van der Waals surface area contributed by atoms with Crippen LogP contribution in [0, 0.1) is 23.7 Å². The van der Waals surface area contributed by atoms with Crippen molar-refractivity contribution < 1.29 is 0 Å². The van der Waals surface area contributed by atoms with Gasteiger partial charge < -0.3 is 0 Å². The first-order valence-corrected chi connectivity index (χ1v) is 22.7. The highest BCUT2D eigenvalue weighted by Crippen LogP contribution is 2.40. The van der Waals surface area contributed by atoms with Crippen LogP contribution in [0.5, 0.6) is 0 Å². The van der Waals surface area contributed by atoms with Crippen molar-refractivity contribution in [2.45, 2.75) is 242 Å². The van der Waals surface area contributed by atoms with Crippen molar-refractivity contribution in [1.82, 2.24) is 9.80 Å². The van der Waals surface area contributed by atoms with Gasteiger partial charge in [-0.25, -0.2) is 0 Å². The van der Waals surface area contributed by atoms with Crippen molar-refractivity contribution >= 4 is 0 Å². The Morgan fingerprint density at radius 1 is 0.208 bits per heavy atom. The van der Waals surface area contributed by atoms with Crippen LogP contribution in [0.3, 0.4) is 0 Å². The third-order valence-electron chi connectivity index (χ3n) is 15.4. The molecule has 0 radical (unpaired) electrons. The maximum Gasteiger partial charge on any atom is 0.0102 e. The van der Waals surface area contributed by atoms with Crippen molar-refractivity contribution in [3.63, 3.8) is 0 Å². The fourth-order valence-corrected chi connectivity index (χ4v) is 12.6. The van der Waals surface area contributed by atoms with Gasteiger partial charge in [0.05, 0.1) is 0 Å². The molecule has 0 amide bonds.